The van der Waals surface area contributed by atoms with E-state index in [0.29, 0.717) is 5.41 Å². The third-order valence-electron chi connectivity index (χ3n) is 3.31. The average Bonchev–Trinajstić information content (AvgIpc) is 2.99. The van der Waals surface area contributed by atoms with Crippen molar-refractivity contribution in [2.75, 3.05) is 13.7 Å². The van der Waals surface area contributed by atoms with E-state index in [2.05, 4.69) is 17.1 Å². The van der Waals surface area contributed by atoms with E-state index in [1.165, 1.54) is 24.0 Å². The number of aliphatic imine (C=N–C) groups is 1. The molecule has 0 N–H and O–H groups in total. The van der Waals surface area contributed by atoms with Crippen LogP contribution in [0.1, 0.15) is 24.0 Å². The Morgan fingerprint density at radius 1 is 1.36 bits per heavy atom. The van der Waals surface area contributed by atoms with Gasteiger partial charge in [-0.1, -0.05) is 0 Å². The van der Waals surface area contributed by atoms with Crippen LogP contribution in [-0.2, 0) is 5.41 Å². The van der Waals surface area contributed by atoms with Gasteiger partial charge in [0.1, 0.15) is 5.75 Å². The van der Waals surface area contributed by atoms with Crippen LogP contribution in [0, 0.1) is 0 Å². The highest BCUT2D eigenvalue weighted by atomic mass is 16.5. The fourth-order valence-electron chi connectivity index (χ4n) is 2.22. The Labute approximate surface area is 83.6 Å². The van der Waals surface area contributed by atoms with Crippen molar-refractivity contribution in [3.63, 3.8) is 0 Å². The van der Waals surface area contributed by atoms with Crippen molar-refractivity contribution < 1.29 is 4.74 Å². The Kier molecular flexibility index (Phi) is 1.49. The summed E-state index contributed by atoms with van der Waals surface area (Å²) in [4.78, 5) is 4.42. The Morgan fingerprint density at radius 3 is 2.93 bits per heavy atom. The van der Waals surface area contributed by atoms with Gasteiger partial charge in [-0.15, -0.1) is 0 Å². The van der Waals surface area contributed by atoms with E-state index in [0.717, 1.165) is 12.3 Å². The number of hydrogen-bond donors (Lipinski definition) is 0. The second-order valence-corrected chi connectivity index (χ2v) is 4.20. The van der Waals surface area contributed by atoms with Crippen molar-refractivity contribution in [2.45, 2.75) is 18.3 Å². The van der Waals surface area contributed by atoms with E-state index >= 15 is 0 Å². The van der Waals surface area contributed by atoms with Crippen LogP contribution < -0.4 is 4.74 Å². The molecule has 0 saturated heterocycles. The van der Waals surface area contributed by atoms with Crippen molar-refractivity contribution in [1.29, 1.82) is 0 Å². The summed E-state index contributed by atoms with van der Waals surface area (Å²) < 4.78 is 5.26. The van der Waals surface area contributed by atoms with Gasteiger partial charge in [0.25, 0.3) is 0 Å². The number of fused-ring (bicyclic) bond motifs is 2. The molecule has 1 fully saturated rings. The topological polar surface area (TPSA) is 21.6 Å². The second kappa shape index (κ2) is 2.59. The maximum Gasteiger partial charge on any atom is 0.119 e. The molecule has 14 heavy (non-hydrogen) atoms. The minimum atomic E-state index is 0.374. The molecule has 1 saturated carbocycles. The van der Waals surface area contributed by atoms with Crippen molar-refractivity contribution >= 4 is 6.21 Å². The normalized spacial score (nSPS) is 20.6. The Bertz CT molecular complexity index is 405. The molecule has 0 radical (unpaired) electrons. The lowest BCUT2D eigenvalue weighted by molar-refractivity contribution is 0.413. The van der Waals surface area contributed by atoms with Gasteiger partial charge in [-0.2, -0.15) is 0 Å². The molecule has 1 heterocycles. The maximum atomic E-state index is 5.26. The van der Waals surface area contributed by atoms with Crippen LogP contribution >= 0.6 is 0 Å². The summed E-state index contributed by atoms with van der Waals surface area (Å²) in [6, 6.07) is 6.29. The monoisotopic (exact) mass is 187 g/mol. The first-order valence-corrected chi connectivity index (χ1v) is 5.02. The predicted octanol–water partition coefficient (Wildman–Crippen LogP) is 2.16. The standard InChI is InChI=1S/C12H13NO/c1-14-10-3-2-9-7-13-8-12(4-5-12)11(9)6-10/h2-3,6-7H,4-5,8H2,1H3. The predicted molar refractivity (Wildman–Crippen MR) is 56.4 cm³/mol. The highest BCUT2D eigenvalue weighted by Gasteiger charge is 2.46. The molecular weight excluding hydrogens is 174 g/mol. The zero-order valence-corrected chi connectivity index (χ0v) is 8.29. The third-order valence-corrected chi connectivity index (χ3v) is 3.31. The lowest BCUT2D eigenvalue weighted by Crippen LogP contribution is -2.17. The SMILES string of the molecule is COc1ccc2c(c1)C1(CC1)CN=C2. The van der Waals surface area contributed by atoms with Gasteiger partial charge in [-0.3, -0.25) is 4.99 Å². The summed E-state index contributed by atoms with van der Waals surface area (Å²) in [6.45, 7) is 0.965. The first-order valence-electron chi connectivity index (χ1n) is 5.02. The average molecular weight is 187 g/mol. The van der Waals surface area contributed by atoms with Crippen LogP contribution in [0.25, 0.3) is 0 Å². The molecule has 1 spiro atoms. The van der Waals surface area contributed by atoms with E-state index in [4.69, 9.17) is 4.74 Å². The van der Waals surface area contributed by atoms with E-state index in [1.54, 1.807) is 7.11 Å². The minimum Gasteiger partial charge on any atom is -0.497 e. The van der Waals surface area contributed by atoms with Crippen molar-refractivity contribution in [3.8, 4) is 5.75 Å². The molecule has 1 aliphatic carbocycles. The largest absolute Gasteiger partial charge is 0.497 e. The minimum absolute atomic E-state index is 0.374. The van der Waals surface area contributed by atoms with E-state index < -0.39 is 0 Å². The summed E-state index contributed by atoms with van der Waals surface area (Å²) in [5, 5.41) is 0. The number of methoxy groups -OCH3 is 1. The molecule has 72 valence electrons. The second-order valence-electron chi connectivity index (χ2n) is 4.20. The Morgan fingerprint density at radius 2 is 2.21 bits per heavy atom. The molecule has 0 unspecified atom stereocenters. The summed E-state index contributed by atoms with van der Waals surface area (Å²) in [5.74, 6) is 0.963. The van der Waals surface area contributed by atoms with Gasteiger partial charge in [0.15, 0.2) is 0 Å². The summed E-state index contributed by atoms with van der Waals surface area (Å²) >= 11 is 0. The van der Waals surface area contributed by atoms with E-state index in [-0.39, 0.29) is 0 Å². The summed E-state index contributed by atoms with van der Waals surface area (Å²) in [7, 11) is 1.72. The van der Waals surface area contributed by atoms with Gasteiger partial charge < -0.3 is 4.74 Å². The molecule has 1 aliphatic heterocycles. The van der Waals surface area contributed by atoms with Gasteiger partial charge in [0, 0.05) is 18.2 Å². The van der Waals surface area contributed by atoms with Gasteiger partial charge in [0.2, 0.25) is 0 Å². The van der Waals surface area contributed by atoms with Crippen LogP contribution in [-0.4, -0.2) is 19.9 Å². The molecule has 3 rings (SSSR count). The lowest BCUT2D eigenvalue weighted by Gasteiger charge is -2.20. The summed E-state index contributed by atoms with van der Waals surface area (Å²) in [5.41, 5.74) is 3.08. The molecule has 1 aromatic rings. The van der Waals surface area contributed by atoms with E-state index in [1.807, 2.05) is 12.3 Å². The van der Waals surface area contributed by atoms with Crippen LogP contribution in [0.4, 0.5) is 0 Å². The molecule has 0 aromatic heterocycles. The molecule has 0 atom stereocenters. The van der Waals surface area contributed by atoms with Crippen LogP contribution in [0.2, 0.25) is 0 Å². The smallest absolute Gasteiger partial charge is 0.119 e. The Hall–Kier alpha value is -1.31. The van der Waals surface area contributed by atoms with Crippen LogP contribution in [0.15, 0.2) is 23.2 Å². The van der Waals surface area contributed by atoms with Gasteiger partial charge >= 0.3 is 0 Å². The number of rotatable bonds is 1. The van der Waals surface area contributed by atoms with Crippen molar-refractivity contribution in [2.24, 2.45) is 4.99 Å². The zero-order valence-electron chi connectivity index (χ0n) is 8.29. The highest BCUT2D eigenvalue weighted by molar-refractivity contribution is 5.84. The van der Waals surface area contributed by atoms with Gasteiger partial charge in [0.05, 0.1) is 7.11 Å². The van der Waals surface area contributed by atoms with Crippen molar-refractivity contribution in [1.82, 2.24) is 0 Å². The van der Waals surface area contributed by atoms with Crippen molar-refractivity contribution in [3.05, 3.63) is 29.3 Å². The fraction of sp³-hybridized carbons (Fsp3) is 0.417. The molecule has 1 aromatic carbocycles. The maximum absolute atomic E-state index is 5.26. The number of benzene rings is 1. The quantitative estimate of drug-likeness (QED) is 0.660. The molecule has 2 aliphatic rings. The lowest BCUT2D eigenvalue weighted by atomic mass is 9.89. The molecule has 2 nitrogen and oxygen atoms in total. The molecule has 0 amide bonds. The number of ether oxygens (including phenoxy) is 1. The fourth-order valence-corrected chi connectivity index (χ4v) is 2.22. The zero-order chi connectivity index (χ0) is 9.60. The van der Waals surface area contributed by atoms with E-state index in [9.17, 15) is 0 Å². The highest BCUT2D eigenvalue weighted by Crippen LogP contribution is 2.51. The Balaban J connectivity index is 2.15. The summed E-state index contributed by atoms with van der Waals surface area (Å²) in [6.07, 6.45) is 4.55. The number of nitrogens with zero attached hydrogens (tertiary/aromatic N) is 1. The van der Waals surface area contributed by atoms with Crippen LogP contribution in [0.3, 0.4) is 0 Å². The molecule has 2 heteroatoms. The first-order chi connectivity index (χ1) is 6.84. The van der Waals surface area contributed by atoms with Gasteiger partial charge in [-0.25, -0.2) is 0 Å². The number of hydrogen-bond acceptors (Lipinski definition) is 2. The van der Waals surface area contributed by atoms with Gasteiger partial charge in [-0.05, 0) is 42.2 Å². The first kappa shape index (κ1) is 8.04. The van der Waals surface area contributed by atoms with Crippen LogP contribution in [0.5, 0.6) is 5.75 Å². The molecular formula is C12H13NO. The third kappa shape index (κ3) is 0.999. The molecule has 0 bridgehead atoms.